The predicted molar refractivity (Wildman–Crippen MR) is 60.7 cm³/mol. The van der Waals surface area contributed by atoms with Crippen molar-refractivity contribution in [2.45, 2.75) is 33.6 Å². The van der Waals surface area contributed by atoms with E-state index in [2.05, 4.69) is 6.92 Å². The highest BCUT2D eigenvalue weighted by Gasteiger charge is 2.13. The zero-order valence-corrected chi connectivity index (χ0v) is 10.2. The second-order valence-corrected chi connectivity index (χ2v) is 3.39. The molecule has 16 heavy (non-hydrogen) atoms. The Balaban J connectivity index is 4.28. The molecule has 0 atom stereocenters. The third kappa shape index (κ3) is 5.52. The largest absolute Gasteiger partial charge is 0.462 e. The fourth-order valence-electron chi connectivity index (χ4n) is 1.06. The van der Waals surface area contributed by atoms with Crippen molar-refractivity contribution >= 4 is 5.97 Å². The van der Waals surface area contributed by atoms with Crippen LogP contribution in [0.2, 0.25) is 0 Å². The van der Waals surface area contributed by atoms with Gasteiger partial charge in [0.1, 0.15) is 11.6 Å². The molecule has 90 valence electrons. The van der Waals surface area contributed by atoms with E-state index in [-0.39, 0.29) is 12.2 Å². The smallest absolute Gasteiger partial charge is 0.348 e. The summed E-state index contributed by atoms with van der Waals surface area (Å²) in [6, 6.07) is 1.85. The number of rotatable bonds is 7. The van der Waals surface area contributed by atoms with Crippen molar-refractivity contribution in [1.29, 1.82) is 5.26 Å². The maximum atomic E-state index is 11.3. The molecule has 0 saturated heterocycles. The van der Waals surface area contributed by atoms with E-state index in [0.717, 1.165) is 12.8 Å². The number of carbonyl (C=O) groups is 1. The fraction of sp³-hybridized carbons (Fsp3) is 0.667. The Morgan fingerprint density at radius 3 is 2.56 bits per heavy atom. The lowest BCUT2D eigenvalue weighted by Crippen LogP contribution is -2.10. The minimum absolute atomic E-state index is 0.0540. The van der Waals surface area contributed by atoms with E-state index < -0.39 is 5.97 Å². The highest BCUT2D eigenvalue weighted by molar-refractivity contribution is 5.93. The van der Waals surface area contributed by atoms with Gasteiger partial charge in [-0.2, -0.15) is 5.26 Å². The number of ether oxygens (including phenoxy) is 2. The van der Waals surface area contributed by atoms with Crippen LogP contribution in [-0.4, -0.2) is 25.8 Å². The van der Waals surface area contributed by atoms with E-state index in [0.29, 0.717) is 18.8 Å². The van der Waals surface area contributed by atoms with Crippen LogP contribution >= 0.6 is 0 Å². The van der Waals surface area contributed by atoms with Crippen molar-refractivity contribution in [3.8, 4) is 6.07 Å². The van der Waals surface area contributed by atoms with Crippen molar-refractivity contribution in [2.24, 2.45) is 0 Å². The Bertz CT molecular complexity index is 289. The molecule has 0 aliphatic rings. The summed E-state index contributed by atoms with van der Waals surface area (Å²) in [6.45, 7) is 6.72. The summed E-state index contributed by atoms with van der Waals surface area (Å²) < 4.78 is 10.1. The van der Waals surface area contributed by atoms with Crippen LogP contribution in [-0.2, 0) is 14.3 Å². The number of hydrogen-bond acceptors (Lipinski definition) is 4. The standard InChI is InChI=1S/C12H19NO3/c1-4-6-7-15-9-10(3)11(8-13)12(14)16-5-2/h4-7,9H2,1-3H3. The molecule has 0 aliphatic carbocycles. The zero-order valence-electron chi connectivity index (χ0n) is 10.2. The summed E-state index contributed by atoms with van der Waals surface area (Å²) in [7, 11) is 0. The summed E-state index contributed by atoms with van der Waals surface area (Å²) in [4.78, 5) is 11.3. The number of hydrogen-bond donors (Lipinski definition) is 0. The highest BCUT2D eigenvalue weighted by atomic mass is 16.5. The van der Waals surface area contributed by atoms with E-state index in [1.807, 2.05) is 6.07 Å². The highest BCUT2D eigenvalue weighted by Crippen LogP contribution is 2.06. The average Bonchev–Trinajstić information content (AvgIpc) is 2.26. The lowest BCUT2D eigenvalue weighted by atomic mass is 10.1. The van der Waals surface area contributed by atoms with Crippen LogP contribution in [0.3, 0.4) is 0 Å². The predicted octanol–water partition coefficient (Wildman–Crippen LogP) is 2.21. The van der Waals surface area contributed by atoms with Gasteiger partial charge in [-0.15, -0.1) is 0 Å². The van der Waals surface area contributed by atoms with Crippen molar-refractivity contribution < 1.29 is 14.3 Å². The summed E-state index contributed by atoms with van der Waals surface area (Å²) in [5, 5.41) is 8.83. The molecule has 4 heteroatoms. The molecular weight excluding hydrogens is 206 g/mol. The number of esters is 1. The van der Waals surface area contributed by atoms with Crippen LogP contribution in [0.1, 0.15) is 33.6 Å². The van der Waals surface area contributed by atoms with Crippen LogP contribution in [0.5, 0.6) is 0 Å². The maximum Gasteiger partial charge on any atom is 0.348 e. The molecule has 0 bridgehead atoms. The fourth-order valence-corrected chi connectivity index (χ4v) is 1.06. The summed E-state index contributed by atoms with van der Waals surface area (Å²) >= 11 is 0. The van der Waals surface area contributed by atoms with Crippen LogP contribution in [0, 0.1) is 11.3 Å². The first-order valence-corrected chi connectivity index (χ1v) is 5.52. The summed E-state index contributed by atoms with van der Waals surface area (Å²) in [5.74, 6) is -0.568. The summed E-state index contributed by atoms with van der Waals surface area (Å²) in [5.41, 5.74) is 0.676. The molecule has 0 fully saturated rings. The molecule has 0 radical (unpaired) electrons. The van der Waals surface area contributed by atoms with Gasteiger partial charge in [0, 0.05) is 6.61 Å². The maximum absolute atomic E-state index is 11.3. The lowest BCUT2D eigenvalue weighted by molar-refractivity contribution is -0.138. The van der Waals surface area contributed by atoms with Gasteiger partial charge >= 0.3 is 5.97 Å². The quantitative estimate of drug-likeness (QED) is 0.288. The molecule has 4 nitrogen and oxygen atoms in total. The van der Waals surface area contributed by atoms with E-state index in [1.54, 1.807) is 13.8 Å². The van der Waals surface area contributed by atoms with Gasteiger partial charge in [0.25, 0.3) is 0 Å². The van der Waals surface area contributed by atoms with Gasteiger partial charge < -0.3 is 9.47 Å². The van der Waals surface area contributed by atoms with Gasteiger partial charge in [0.05, 0.1) is 13.2 Å². The van der Waals surface area contributed by atoms with Gasteiger partial charge in [-0.1, -0.05) is 13.3 Å². The average molecular weight is 225 g/mol. The number of nitriles is 1. The molecule has 0 unspecified atom stereocenters. The third-order valence-electron chi connectivity index (χ3n) is 1.98. The molecule has 0 aromatic rings. The molecule has 0 aliphatic heterocycles. The van der Waals surface area contributed by atoms with E-state index >= 15 is 0 Å². The second kappa shape index (κ2) is 8.93. The molecular formula is C12H19NO3. The molecule has 0 N–H and O–H groups in total. The number of nitrogens with zero attached hydrogens (tertiary/aromatic N) is 1. The molecule has 0 amide bonds. The van der Waals surface area contributed by atoms with Crippen molar-refractivity contribution in [2.75, 3.05) is 19.8 Å². The molecule has 0 rings (SSSR count). The van der Waals surface area contributed by atoms with Gasteiger partial charge in [0.2, 0.25) is 0 Å². The molecule has 0 saturated carbocycles. The van der Waals surface area contributed by atoms with Crippen LogP contribution in [0.25, 0.3) is 0 Å². The SMILES string of the molecule is CCCCOCC(C)=C(C#N)C(=O)OCC. The van der Waals surface area contributed by atoms with Crippen LogP contribution in [0.15, 0.2) is 11.1 Å². The zero-order chi connectivity index (χ0) is 12.4. The Labute approximate surface area is 96.8 Å². The molecule has 0 aromatic carbocycles. The van der Waals surface area contributed by atoms with Crippen LogP contribution < -0.4 is 0 Å². The monoisotopic (exact) mass is 225 g/mol. The van der Waals surface area contributed by atoms with Gasteiger partial charge in [-0.25, -0.2) is 4.79 Å². The molecule has 0 aromatic heterocycles. The van der Waals surface area contributed by atoms with E-state index in [4.69, 9.17) is 14.7 Å². The van der Waals surface area contributed by atoms with Crippen molar-refractivity contribution in [1.82, 2.24) is 0 Å². The van der Waals surface area contributed by atoms with E-state index in [1.165, 1.54) is 0 Å². The topological polar surface area (TPSA) is 59.3 Å². The Hall–Kier alpha value is -1.34. The van der Waals surface area contributed by atoms with E-state index in [9.17, 15) is 4.79 Å². The third-order valence-corrected chi connectivity index (χ3v) is 1.98. The van der Waals surface area contributed by atoms with Crippen LogP contribution in [0.4, 0.5) is 0 Å². The first-order chi connectivity index (χ1) is 7.67. The van der Waals surface area contributed by atoms with Gasteiger partial charge in [-0.3, -0.25) is 0 Å². The van der Waals surface area contributed by atoms with Gasteiger partial charge in [-0.05, 0) is 25.8 Å². The Morgan fingerprint density at radius 1 is 1.38 bits per heavy atom. The first kappa shape index (κ1) is 14.7. The lowest BCUT2D eigenvalue weighted by Gasteiger charge is -2.06. The normalized spacial score (nSPS) is 11.6. The van der Waals surface area contributed by atoms with Gasteiger partial charge in [0.15, 0.2) is 0 Å². The molecule has 0 heterocycles. The minimum atomic E-state index is -0.568. The Morgan fingerprint density at radius 2 is 2.06 bits per heavy atom. The first-order valence-electron chi connectivity index (χ1n) is 5.52. The van der Waals surface area contributed by atoms with Crippen molar-refractivity contribution in [3.05, 3.63) is 11.1 Å². The van der Waals surface area contributed by atoms with Crippen molar-refractivity contribution in [3.63, 3.8) is 0 Å². The second-order valence-electron chi connectivity index (χ2n) is 3.39. The summed E-state index contributed by atoms with van der Waals surface area (Å²) in [6.07, 6.45) is 2.04. The molecule has 0 spiro atoms. The minimum Gasteiger partial charge on any atom is -0.462 e. The number of carbonyl (C=O) groups excluding carboxylic acids is 1. The number of unbranched alkanes of at least 4 members (excludes halogenated alkanes) is 1. The Kier molecular flexibility index (Phi) is 8.18.